The average molecular weight is 387 g/mol. The Morgan fingerprint density at radius 1 is 1.04 bits per heavy atom. The number of anilines is 2. The summed E-state index contributed by atoms with van der Waals surface area (Å²) in [5.74, 6) is 3.06. The minimum Gasteiger partial charge on any atom is -0.497 e. The third-order valence-electron chi connectivity index (χ3n) is 4.41. The summed E-state index contributed by atoms with van der Waals surface area (Å²) in [5, 5.41) is 6.60. The van der Waals surface area contributed by atoms with Gasteiger partial charge in [-0.3, -0.25) is 4.90 Å². The molecule has 1 aromatic carbocycles. The van der Waals surface area contributed by atoms with Crippen LogP contribution in [-0.2, 0) is 4.74 Å². The molecule has 0 bridgehead atoms. The van der Waals surface area contributed by atoms with E-state index in [-0.39, 0.29) is 0 Å². The highest BCUT2D eigenvalue weighted by Gasteiger charge is 2.10. The van der Waals surface area contributed by atoms with Crippen molar-refractivity contribution in [3.05, 3.63) is 36.0 Å². The smallest absolute Gasteiger partial charge is 0.224 e. The number of hydrogen-bond donors (Lipinski definition) is 2. The van der Waals surface area contributed by atoms with Crippen LogP contribution in [0.3, 0.4) is 0 Å². The summed E-state index contributed by atoms with van der Waals surface area (Å²) in [6.45, 7) is 8.51. The van der Waals surface area contributed by atoms with Crippen molar-refractivity contribution in [1.82, 2.24) is 14.9 Å². The molecule has 2 aromatic rings. The highest BCUT2D eigenvalue weighted by Crippen LogP contribution is 2.17. The summed E-state index contributed by atoms with van der Waals surface area (Å²) in [7, 11) is 1.65. The Morgan fingerprint density at radius 3 is 2.54 bits per heavy atom. The van der Waals surface area contributed by atoms with Gasteiger partial charge in [-0.25, -0.2) is 4.98 Å². The number of methoxy groups -OCH3 is 1. The third-order valence-corrected chi connectivity index (χ3v) is 4.41. The van der Waals surface area contributed by atoms with Gasteiger partial charge in [0.05, 0.1) is 26.9 Å². The molecule has 1 aromatic heterocycles. The van der Waals surface area contributed by atoms with E-state index in [2.05, 4.69) is 25.5 Å². The maximum atomic E-state index is 5.73. The zero-order valence-electron chi connectivity index (χ0n) is 16.6. The molecule has 1 saturated heterocycles. The van der Waals surface area contributed by atoms with E-state index >= 15 is 0 Å². The van der Waals surface area contributed by atoms with Crippen molar-refractivity contribution in [2.45, 2.75) is 6.92 Å². The van der Waals surface area contributed by atoms with Gasteiger partial charge in [-0.05, 0) is 31.2 Å². The molecule has 2 N–H and O–H groups in total. The van der Waals surface area contributed by atoms with Gasteiger partial charge in [-0.15, -0.1) is 0 Å². The first-order valence-electron chi connectivity index (χ1n) is 9.63. The zero-order valence-corrected chi connectivity index (χ0v) is 16.6. The fraction of sp³-hybridized carbons (Fsp3) is 0.500. The van der Waals surface area contributed by atoms with Gasteiger partial charge >= 0.3 is 0 Å². The van der Waals surface area contributed by atoms with Crippen LogP contribution in [-0.4, -0.2) is 74.5 Å². The third kappa shape index (κ3) is 6.54. The molecule has 8 nitrogen and oxygen atoms in total. The van der Waals surface area contributed by atoms with Crippen LogP contribution >= 0.6 is 0 Å². The Bertz CT molecular complexity index is 720. The van der Waals surface area contributed by atoms with E-state index in [1.165, 1.54) is 0 Å². The summed E-state index contributed by atoms with van der Waals surface area (Å²) in [4.78, 5) is 11.4. The number of aromatic nitrogens is 2. The summed E-state index contributed by atoms with van der Waals surface area (Å²) < 4.78 is 16.2. The van der Waals surface area contributed by atoms with E-state index in [0.717, 1.165) is 62.4 Å². The van der Waals surface area contributed by atoms with Crippen LogP contribution < -0.4 is 20.1 Å². The van der Waals surface area contributed by atoms with Crippen LogP contribution in [0, 0.1) is 6.92 Å². The Balaban J connectivity index is 1.40. The molecule has 0 saturated carbocycles. The molecule has 1 aliphatic rings. The van der Waals surface area contributed by atoms with Gasteiger partial charge in [-0.2, -0.15) is 4.98 Å². The predicted molar refractivity (Wildman–Crippen MR) is 109 cm³/mol. The Kier molecular flexibility index (Phi) is 7.69. The van der Waals surface area contributed by atoms with Gasteiger partial charge in [0.15, 0.2) is 0 Å². The summed E-state index contributed by atoms with van der Waals surface area (Å²) in [5.41, 5.74) is 0.919. The van der Waals surface area contributed by atoms with Crippen molar-refractivity contribution < 1.29 is 14.2 Å². The second-order valence-electron chi connectivity index (χ2n) is 6.55. The van der Waals surface area contributed by atoms with Crippen molar-refractivity contribution in [2.24, 2.45) is 0 Å². The van der Waals surface area contributed by atoms with Crippen molar-refractivity contribution in [3.63, 3.8) is 0 Å². The minimum absolute atomic E-state index is 0.537. The topological polar surface area (TPSA) is 80.8 Å². The lowest BCUT2D eigenvalue weighted by atomic mass is 10.3. The van der Waals surface area contributed by atoms with Crippen LogP contribution in [0.15, 0.2) is 30.3 Å². The van der Waals surface area contributed by atoms with Crippen molar-refractivity contribution in [3.8, 4) is 11.5 Å². The first-order chi connectivity index (χ1) is 13.7. The number of hydrogen-bond acceptors (Lipinski definition) is 8. The number of rotatable bonds is 10. The monoisotopic (exact) mass is 387 g/mol. The standard InChI is InChI=1S/C20H29N5O3/c1-16-15-19(21-8-12-28-18-5-3-17(26-2)4-6-18)24-20(23-16)22-7-9-25-10-13-27-14-11-25/h3-6,15H,7-14H2,1-2H3,(H2,21,22,23,24). The SMILES string of the molecule is COc1ccc(OCCNc2cc(C)nc(NCCN3CCOCC3)n2)cc1. The minimum atomic E-state index is 0.537. The normalized spacial score (nSPS) is 14.5. The number of nitrogens with zero attached hydrogens (tertiary/aromatic N) is 3. The van der Waals surface area contributed by atoms with Crippen molar-refractivity contribution in [2.75, 3.05) is 70.3 Å². The largest absolute Gasteiger partial charge is 0.497 e. The van der Waals surface area contributed by atoms with Crippen LogP contribution in [0.5, 0.6) is 11.5 Å². The number of benzene rings is 1. The van der Waals surface area contributed by atoms with Gasteiger partial charge in [0.2, 0.25) is 5.95 Å². The number of nitrogens with one attached hydrogen (secondary N) is 2. The predicted octanol–water partition coefficient (Wildman–Crippen LogP) is 2.03. The molecular formula is C20H29N5O3. The number of ether oxygens (including phenoxy) is 3. The zero-order chi connectivity index (χ0) is 19.6. The fourth-order valence-electron chi connectivity index (χ4n) is 2.91. The van der Waals surface area contributed by atoms with Crippen molar-refractivity contribution in [1.29, 1.82) is 0 Å². The first-order valence-corrected chi connectivity index (χ1v) is 9.63. The Labute approximate surface area is 166 Å². The highest BCUT2D eigenvalue weighted by atomic mass is 16.5. The molecule has 0 radical (unpaired) electrons. The van der Waals surface area contributed by atoms with Crippen molar-refractivity contribution >= 4 is 11.8 Å². The maximum absolute atomic E-state index is 5.73. The molecule has 0 unspecified atom stereocenters. The quantitative estimate of drug-likeness (QED) is 0.600. The van der Waals surface area contributed by atoms with E-state index in [9.17, 15) is 0 Å². The van der Waals surface area contributed by atoms with Crippen LogP contribution in [0.4, 0.5) is 11.8 Å². The van der Waals surface area contributed by atoms with E-state index in [0.29, 0.717) is 19.1 Å². The molecule has 0 amide bonds. The molecule has 8 heteroatoms. The summed E-state index contributed by atoms with van der Waals surface area (Å²) in [6.07, 6.45) is 0. The molecule has 1 fully saturated rings. The summed E-state index contributed by atoms with van der Waals surface area (Å²) in [6, 6.07) is 9.48. The van der Waals surface area contributed by atoms with E-state index in [1.807, 2.05) is 37.3 Å². The van der Waals surface area contributed by atoms with E-state index in [1.54, 1.807) is 7.11 Å². The second-order valence-corrected chi connectivity index (χ2v) is 6.55. The molecule has 28 heavy (non-hydrogen) atoms. The molecule has 1 aliphatic heterocycles. The van der Waals surface area contributed by atoms with Crippen LogP contribution in [0.2, 0.25) is 0 Å². The van der Waals surface area contributed by atoms with E-state index in [4.69, 9.17) is 14.2 Å². The summed E-state index contributed by atoms with van der Waals surface area (Å²) >= 11 is 0. The number of morpholine rings is 1. The molecule has 0 spiro atoms. The molecule has 152 valence electrons. The second kappa shape index (κ2) is 10.7. The van der Waals surface area contributed by atoms with Crippen LogP contribution in [0.25, 0.3) is 0 Å². The Morgan fingerprint density at radius 2 is 1.79 bits per heavy atom. The lowest BCUT2D eigenvalue weighted by Gasteiger charge is -2.26. The molecular weight excluding hydrogens is 358 g/mol. The molecule has 2 heterocycles. The maximum Gasteiger partial charge on any atom is 0.224 e. The van der Waals surface area contributed by atoms with Gasteiger partial charge in [0.1, 0.15) is 23.9 Å². The van der Waals surface area contributed by atoms with Crippen LogP contribution in [0.1, 0.15) is 5.69 Å². The lowest BCUT2D eigenvalue weighted by Crippen LogP contribution is -2.39. The van der Waals surface area contributed by atoms with E-state index < -0.39 is 0 Å². The lowest BCUT2D eigenvalue weighted by molar-refractivity contribution is 0.0398. The molecule has 0 atom stereocenters. The van der Waals surface area contributed by atoms with Gasteiger partial charge < -0.3 is 24.8 Å². The van der Waals surface area contributed by atoms with Gasteiger partial charge in [0.25, 0.3) is 0 Å². The Hall–Kier alpha value is -2.58. The van der Waals surface area contributed by atoms with Gasteiger partial charge in [-0.1, -0.05) is 0 Å². The van der Waals surface area contributed by atoms with Gasteiger partial charge in [0, 0.05) is 37.9 Å². The highest BCUT2D eigenvalue weighted by molar-refractivity contribution is 5.42. The number of aryl methyl sites for hydroxylation is 1. The fourth-order valence-corrected chi connectivity index (χ4v) is 2.91. The first kappa shape index (κ1) is 20.2. The molecule has 3 rings (SSSR count). The molecule has 0 aliphatic carbocycles. The average Bonchev–Trinajstić information content (AvgIpc) is 2.72.